The Bertz CT molecular complexity index is 347. The van der Waals surface area contributed by atoms with E-state index in [9.17, 15) is 9.59 Å². The van der Waals surface area contributed by atoms with E-state index < -0.39 is 5.97 Å². The summed E-state index contributed by atoms with van der Waals surface area (Å²) in [5.41, 5.74) is 0. The molecular weight excluding hydrogens is 208 g/mol. The highest BCUT2D eigenvalue weighted by molar-refractivity contribution is 5.75. The van der Waals surface area contributed by atoms with Crippen LogP contribution >= 0.6 is 0 Å². The van der Waals surface area contributed by atoms with Gasteiger partial charge in [0.05, 0.1) is 0 Å². The van der Waals surface area contributed by atoms with Gasteiger partial charge >= 0.3 is 11.9 Å². The zero-order chi connectivity index (χ0) is 12.0. The molecule has 1 radical (unpaired) electrons. The lowest BCUT2D eigenvalue weighted by atomic mass is 10.3. The second-order valence-corrected chi connectivity index (χ2v) is 3.02. The van der Waals surface area contributed by atoms with Crippen molar-refractivity contribution in [3.63, 3.8) is 0 Å². The summed E-state index contributed by atoms with van der Waals surface area (Å²) in [6, 6.07) is 7.51. The Kier molecular flexibility index (Phi) is 4.51. The number of ether oxygens (including phenoxy) is 2. The van der Waals surface area contributed by atoms with Gasteiger partial charge in [-0.3, -0.25) is 9.59 Å². The molecule has 0 N–H and O–H groups in total. The molecule has 1 aromatic carbocycles. The van der Waals surface area contributed by atoms with Crippen LogP contribution in [0, 0.1) is 6.07 Å². The van der Waals surface area contributed by atoms with E-state index >= 15 is 0 Å². The standard InChI is InChI=1S/C12H13O4/c1-3-11(13)15-9-7-5-6-8-10(9)16-12(14)4-2/h5-7H,3-4H2,1-2H3. The average molecular weight is 221 g/mol. The van der Waals surface area contributed by atoms with Gasteiger partial charge in [-0.2, -0.15) is 0 Å². The van der Waals surface area contributed by atoms with Crippen LogP contribution in [0.2, 0.25) is 0 Å². The molecule has 0 aromatic heterocycles. The first-order chi connectivity index (χ1) is 7.67. The Morgan fingerprint density at radius 2 is 1.81 bits per heavy atom. The summed E-state index contributed by atoms with van der Waals surface area (Å²) < 4.78 is 9.96. The Morgan fingerprint density at radius 3 is 2.44 bits per heavy atom. The molecular formula is C12H13O4. The Hall–Kier alpha value is -1.84. The predicted molar refractivity (Wildman–Crippen MR) is 57.1 cm³/mol. The van der Waals surface area contributed by atoms with Crippen molar-refractivity contribution in [1.29, 1.82) is 0 Å². The molecule has 0 unspecified atom stereocenters. The molecule has 0 heterocycles. The maximum atomic E-state index is 11.1. The van der Waals surface area contributed by atoms with Crippen molar-refractivity contribution in [2.75, 3.05) is 0 Å². The molecule has 0 aliphatic carbocycles. The molecule has 0 saturated carbocycles. The Morgan fingerprint density at radius 1 is 1.19 bits per heavy atom. The van der Waals surface area contributed by atoms with Gasteiger partial charge in [-0.25, -0.2) is 0 Å². The molecule has 0 bridgehead atoms. The molecule has 0 fully saturated rings. The topological polar surface area (TPSA) is 52.6 Å². The predicted octanol–water partition coefficient (Wildman–Crippen LogP) is 2.12. The van der Waals surface area contributed by atoms with Crippen molar-refractivity contribution in [3.8, 4) is 11.5 Å². The van der Waals surface area contributed by atoms with Gasteiger partial charge in [-0.1, -0.05) is 26.0 Å². The Balaban J connectivity index is 2.83. The molecule has 0 spiro atoms. The minimum Gasteiger partial charge on any atom is -0.422 e. The van der Waals surface area contributed by atoms with E-state index in [1.54, 1.807) is 32.0 Å². The van der Waals surface area contributed by atoms with Gasteiger partial charge in [-0.15, -0.1) is 0 Å². The zero-order valence-corrected chi connectivity index (χ0v) is 9.28. The summed E-state index contributed by atoms with van der Waals surface area (Å²) in [5.74, 6) is -0.406. The summed E-state index contributed by atoms with van der Waals surface area (Å²) in [7, 11) is 0. The summed E-state index contributed by atoms with van der Waals surface area (Å²) in [6.45, 7) is 3.37. The van der Waals surface area contributed by atoms with E-state index in [1.165, 1.54) is 0 Å². The number of carbonyl (C=O) groups excluding carboxylic acids is 2. The van der Waals surface area contributed by atoms with Crippen molar-refractivity contribution in [2.45, 2.75) is 26.7 Å². The number of hydrogen-bond donors (Lipinski definition) is 0. The van der Waals surface area contributed by atoms with Crippen molar-refractivity contribution in [1.82, 2.24) is 0 Å². The highest BCUT2D eigenvalue weighted by Crippen LogP contribution is 2.26. The number of hydrogen-bond acceptors (Lipinski definition) is 4. The average Bonchev–Trinajstić information content (AvgIpc) is 2.31. The quantitative estimate of drug-likeness (QED) is 0.577. The van der Waals surface area contributed by atoms with Crippen LogP contribution in [0.25, 0.3) is 0 Å². The maximum absolute atomic E-state index is 11.1. The molecule has 4 heteroatoms. The molecule has 1 aromatic rings. The van der Waals surface area contributed by atoms with Crippen LogP contribution < -0.4 is 9.47 Å². The number of para-hydroxylation sites is 1. The molecule has 1 rings (SSSR count). The van der Waals surface area contributed by atoms with Crippen LogP contribution in [0.1, 0.15) is 26.7 Å². The SMILES string of the molecule is CCC(=O)Oc1[c]cccc1OC(=O)CC. The number of rotatable bonds is 4. The van der Waals surface area contributed by atoms with E-state index in [2.05, 4.69) is 6.07 Å². The molecule has 4 nitrogen and oxygen atoms in total. The normalized spacial score (nSPS) is 9.62. The first-order valence-electron chi connectivity index (χ1n) is 5.09. The van der Waals surface area contributed by atoms with Gasteiger partial charge in [0, 0.05) is 18.9 Å². The van der Waals surface area contributed by atoms with Crippen molar-refractivity contribution >= 4 is 11.9 Å². The fraction of sp³-hybridized carbons (Fsp3) is 0.333. The van der Waals surface area contributed by atoms with Crippen LogP contribution in [0.5, 0.6) is 11.5 Å². The lowest BCUT2D eigenvalue weighted by Gasteiger charge is -2.08. The van der Waals surface area contributed by atoms with Gasteiger partial charge in [0.15, 0.2) is 11.5 Å². The molecule has 85 valence electrons. The van der Waals surface area contributed by atoms with E-state index in [1.807, 2.05) is 0 Å². The third-order valence-corrected chi connectivity index (χ3v) is 1.80. The fourth-order valence-corrected chi connectivity index (χ4v) is 0.947. The highest BCUT2D eigenvalue weighted by atomic mass is 16.6. The molecule has 0 amide bonds. The monoisotopic (exact) mass is 221 g/mol. The van der Waals surface area contributed by atoms with Gasteiger partial charge < -0.3 is 9.47 Å². The number of benzene rings is 1. The smallest absolute Gasteiger partial charge is 0.311 e. The molecule has 0 aliphatic rings. The van der Waals surface area contributed by atoms with Gasteiger partial charge in [0.25, 0.3) is 0 Å². The van der Waals surface area contributed by atoms with Crippen LogP contribution in [0.3, 0.4) is 0 Å². The summed E-state index contributed by atoms with van der Waals surface area (Å²) >= 11 is 0. The van der Waals surface area contributed by atoms with Crippen LogP contribution in [0.4, 0.5) is 0 Å². The van der Waals surface area contributed by atoms with Crippen molar-refractivity contribution in [2.24, 2.45) is 0 Å². The van der Waals surface area contributed by atoms with Crippen LogP contribution in [0.15, 0.2) is 18.2 Å². The Labute approximate surface area is 94.2 Å². The van der Waals surface area contributed by atoms with Crippen molar-refractivity contribution in [3.05, 3.63) is 24.3 Å². The second kappa shape index (κ2) is 5.90. The van der Waals surface area contributed by atoms with Gasteiger partial charge in [0.2, 0.25) is 0 Å². The summed E-state index contributed by atoms with van der Waals surface area (Å²) in [6.07, 6.45) is 0.514. The third-order valence-electron chi connectivity index (χ3n) is 1.80. The van der Waals surface area contributed by atoms with E-state index in [4.69, 9.17) is 9.47 Å². The molecule has 16 heavy (non-hydrogen) atoms. The van der Waals surface area contributed by atoms with E-state index in [0.29, 0.717) is 0 Å². The first kappa shape index (κ1) is 12.2. The minimum atomic E-state index is -0.392. The van der Waals surface area contributed by atoms with Crippen LogP contribution in [-0.2, 0) is 9.59 Å². The van der Waals surface area contributed by atoms with Crippen LogP contribution in [-0.4, -0.2) is 11.9 Å². The zero-order valence-electron chi connectivity index (χ0n) is 9.28. The summed E-state index contributed by atoms with van der Waals surface area (Å²) in [4.78, 5) is 22.2. The third kappa shape index (κ3) is 3.38. The number of esters is 2. The van der Waals surface area contributed by atoms with Gasteiger partial charge in [-0.05, 0) is 6.07 Å². The van der Waals surface area contributed by atoms with Crippen molar-refractivity contribution < 1.29 is 19.1 Å². The van der Waals surface area contributed by atoms with Gasteiger partial charge in [0.1, 0.15) is 0 Å². The lowest BCUT2D eigenvalue weighted by Crippen LogP contribution is -2.10. The second-order valence-electron chi connectivity index (χ2n) is 3.02. The number of carbonyl (C=O) groups is 2. The molecule has 0 saturated heterocycles. The van der Waals surface area contributed by atoms with E-state index in [0.717, 1.165) is 0 Å². The first-order valence-corrected chi connectivity index (χ1v) is 5.09. The molecule has 0 atom stereocenters. The maximum Gasteiger partial charge on any atom is 0.311 e. The molecule has 0 aliphatic heterocycles. The largest absolute Gasteiger partial charge is 0.422 e. The van der Waals surface area contributed by atoms with E-state index in [-0.39, 0.29) is 30.3 Å². The highest BCUT2D eigenvalue weighted by Gasteiger charge is 2.11. The summed E-state index contributed by atoms with van der Waals surface area (Å²) in [5, 5.41) is 0. The minimum absolute atomic E-state index is 0.149. The fourth-order valence-electron chi connectivity index (χ4n) is 0.947. The lowest BCUT2D eigenvalue weighted by molar-refractivity contribution is -0.136.